The van der Waals surface area contributed by atoms with Gasteiger partial charge in [0.05, 0.1) is 6.54 Å². The lowest BCUT2D eigenvalue weighted by molar-refractivity contribution is -0.128. The Bertz CT molecular complexity index is 171. The first-order valence-electron chi connectivity index (χ1n) is 3.71. The topological polar surface area (TPSA) is 20.3 Å². The van der Waals surface area contributed by atoms with Crippen LogP contribution in [0.3, 0.4) is 0 Å². The van der Waals surface area contributed by atoms with E-state index in [9.17, 15) is 9.18 Å². The van der Waals surface area contributed by atoms with Crippen molar-refractivity contribution in [2.45, 2.75) is 31.5 Å². The smallest absolute Gasteiger partial charge is 0.222 e. The van der Waals surface area contributed by atoms with E-state index in [0.717, 1.165) is 6.42 Å². The zero-order valence-electron chi connectivity index (χ0n) is 5.72. The van der Waals surface area contributed by atoms with Gasteiger partial charge in [0.2, 0.25) is 5.91 Å². The van der Waals surface area contributed by atoms with Crippen molar-refractivity contribution >= 4 is 5.91 Å². The lowest BCUT2D eigenvalue weighted by Gasteiger charge is -2.12. The van der Waals surface area contributed by atoms with E-state index in [1.807, 2.05) is 0 Å². The Morgan fingerprint density at radius 1 is 1.60 bits per heavy atom. The quantitative estimate of drug-likeness (QED) is 0.489. The van der Waals surface area contributed by atoms with Gasteiger partial charge in [0, 0.05) is 18.9 Å². The van der Waals surface area contributed by atoms with E-state index in [-0.39, 0.29) is 11.9 Å². The van der Waals surface area contributed by atoms with Crippen LogP contribution in [0.5, 0.6) is 0 Å². The first kappa shape index (κ1) is 6.13. The standard InChI is InChI=1S/C7H10FNO/c8-5-3-6-1-2-7(10)9(6)4-5/h5-6H,1-4H2/t5-,6?/m0/s1. The van der Waals surface area contributed by atoms with Crippen LogP contribution in [0.15, 0.2) is 0 Å². The van der Waals surface area contributed by atoms with Gasteiger partial charge in [0.1, 0.15) is 6.17 Å². The maximum atomic E-state index is 12.6. The van der Waals surface area contributed by atoms with Crippen molar-refractivity contribution in [2.24, 2.45) is 0 Å². The van der Waals surface area contributed by atoms with Crippen LogP contribution in [-0.4, -0.2) is 29.6 Å². The molecule has 2 nitrogen and oxygen atoms in total. The molecule has 0 aliphatic carbocycles. The summed E-state index contributed by atoms with van der Waals surface area (Å²) in [5.41, 5.74) is 0. The molecule has 2 heterocycles. The van der Waals surface area contributed by atoms with Gasteiger partial charge in [-0.3, -0.25) is 4.79 Å². The fraction of sp³-hybridized carbons (Fsp3) is 0.857. The van der Waals surface area contributed by atoms with Gasteiger partial charge >= 0.3 is 0 Å². The lowest BCUT2D eigenvalue weighted by Crippen LogP contribution is -2.27. The van der Waals surface area contributed by atoms with Crippen LogP contribution in [0.4, 0.5) is 4.39 Å². The van der Waals surface area contributed by atoms with Crippen LogP contribution < -0.4 is 0 Å². The molecule has 2 aliphatic rings. The molecule has 2 rings (SSSR count). The van der Waals surface area contributed by atoms with Gasteiger partial charge < -0.3 is 4.90 Å². The molecule has 0 aromatic heterocycles. The third-order valence-electron chi connectivity index (χ3n) is 2.38. The fourth-order valence-corrected chi connectivity index (χ4v) is 1.87. The van der Waals surface area contributed by atoms with E-state index in [1.54, 1.807) is 4.90 Å². The minimum Gasteiger partial charge on any atom is -0.337 e. The zero-order valence-corrected chi connectivity index (χ0v) is 5.72. The molecule has 1 unspecified atom stereocenters. The second kappa shape index (κ2) is 1.94. The molecule has 2 saturated heterocycles. The number of carbonyl (C=O) groups excluding carboxylic acids is 1. The minimum atomic E-state index is -0.755. The van der Waals surface area contributed by atoms with Gasteiger partial charge in [-0.1, -0.05) is 0 Å². The number of alkyl halides is 1. The summed E-state index contributed by atoms with van der Waals surface area (Å²) in [4.78, 5) is 12.6. The monoisotopic (exact) mass is 143 g/mol. The van der Waals surface area contributed by atoms with Crippen molar-refractivity contribution < 1.29 is 9.18 Å². The van der Waals surface area contributed by atoms with Gasteiger partial charge in [0.15, 0.2) is 0 Å². The van der Waals surface area contributed by atoms with Crippen molar-refractivity contribution in [3.05, 3.63) is 0 Å². The van der Waals surface area contributed by atoms with E-state index in [2.05, 4.69) is 0 Å². The van der Waals surface area contributed by atoms with E-state index < -0.39 is 6.17 Å². The molecule has 0 aromatic rings. The van der Waals surface area contributed by atoms with Gasteiger partial charge in [0.25, 0.3) is 0 Å². The SMILES string of the molecule is O=C1CCC2C[C@H](F)CN12. The number of halogens is 1. The highest BCUT2D eigenvalue weighted by atomic mass is 19.1. The zero-order chi connectivity index (χ0) is 7.14. The average Bonchev–Trinajstić information content (AvgIpc) is 2.35. The predicted molar refractivity (Wildman–Crippen MR) is 34.2 cm³/mol. The number of hydrogen-bond acceptors (Lipinski definition) is 1. The summed E-state index contributed by atoms with van der Waals surface area (Å²) >= 11 is 0. The van der Waals surface area contributed by atoms with Gasteiger partial charge in [-0.25, -0.2) is 4.39 Å². The number of hydrogen-bond donors (Lipinski definition) is 0. The van der Waals surface area contributed by atoms with E-state index >= 15 is 0 Å². The van der Waals surface area contributed by atoms with Crippen molar-refractivity contribution in [3.8, 4) is 0 Å². The number of fused-ring (bicyclic) bond motifs is 1. The highest BCUT2D eigenvalue weighted by Gasteiger charge is 2.39. The largest absolute Gasteiger partial charge is 0.337 e. The van der Waals surface area contributed by atoms with Crippen LogP contribution in [0, 0.1) is 0 Å². The van der Waals surface area contributed by atoms with E-state index in [4.69, 9.17) is 0 Å². The highest BCUT2D eigenvalue weighted by molar-refractivity contribution is 5.79. The average molecular weight is 143 g/mol. The molecule has 3 heteroatoms. The van der Waals surface area contributed by atoms with Crippen LogP contribution in [0.2, 0.25) is 0 Å². The molecular formula is C7H10FNO. The van der Waals surface area contributed by atoms with E-state index in [1.165, 1.54) is 0 Å². The molecular weight excluding hydrogens is 133 g/mol. The van der Waals surface area contributed by atoms with Crippen LogP contribution in [-0.2, 0) is 4.79 Å². The molecule has 0 radical (unpaired) electrons. The molecule has 0 bridgehead atoms. The third-order valence-corrected chi connectivity index (χ3v) is 2.38. The second-order valence-electron chi connectivity index (χ2n) is 3.07. The van der Waals surface area contributed by atoms with Crippen LogP contribution in [0.1, 0.15) is 19.3 Å². The Hall–Kier alpha value is -0.600. The summed E-state index contributed by atoms with van der Waals surface area (Å²) in [5.74, 6) is 0.144. The summed E-state index contributed by atoms with van der Waals surface area (Å²) in [6.45, 7) is 0.351. The van der Waals surface area contributed by atoms with Crippen LogP contribution >= 0.6 is 0 Å². The van der Waals surface area contributed by atoms with E-state index in [0.29, 0.717) is 19.4 Å². The van der Waals surface area contributed by atoms with Crippen LogP contribution in [0.25, 0.3) is 0 Å². The molecule has 10 heavy (non-hydrogen) atoms. The number of amides is 1. The minimum absolute atomic E-state index is 0.144. The summed E-state index contributed by atoms with van der Waals surface area (Å²) < 4.78 is 12.6. The Labute approximate surface area is 59.0 Å². The second-order valence-corrected chi connectivity index (χ2v) is 3.07. The lowest BCUT2D eigenvalue weighted by atomic mass is 10.1. The Morgan fingerprint density at radius 2 is 2.40 bits per heavy atom. The molecule has 0 saturated carbocycles. The summed E-state index contributed by atoms with van der Waals surface area (Å²) in [5, 5.41) is 0. The number of carbonyl (C=O) groups is 1. The van der Waals surface area contributed by atoms with Gasteiger partial charge in [-0.05, 0) is 6.42 Å². The molecule has 2 aliphatic heterocycles. The fourth-order valence-electron chi connectivity index (χ4n) is 1.87. The molecule has 0 spiro atoms. The first-order chi connectivity index (χ1) is 4.77. The Kier molecular flexibility index (Phi) is 1.19. The Balaban J connectivity index is 2.12. The van der Waals surface area contributed by atoms with Crippen molar-refractivity contribution in [2.75, 3.05) is 6.54 Å². The van der Waals surface area contributed by atoms with Crippen molar-refractivity contribution in [1.82, 2.24) is 4.90 Å². The molecule has 0 aromatic carbocycles. The number of rotatable bonds is 0. The molecule has 1 amide bonds. The third kappa shape index (κ3) is 0.728. The maximum absolute atomic E-state index is 12.6. The molecule has 56 valence electrons. The highest BCUT2D eigenvalue weighted by Crippen LogP contribution is 2.29. The molecule has 2 fully saturated rings. The first-order valence-corrected chi connectivity index (χ1v) is 3.71. The summed E-state index contributed by atoms with van der Waals surface area (Å²) in [6, 6.07) is 0.238. The van der Waals surface area contributed by atoms with Crippen molar-refractivity contribution in [3.63, 3.8) is 0 Å². The van der Waals surface area contributed by atoms with Gasteiger partial charge in [-0.15, -0.1) is 0 Å². The Morgan fingerprint density at radius 3 is 3.10 bits per heavy atom. The predicted octanol–water partition coefficient (Wildman–Crippen LogP) is 0.719. The molecule has 0 N–H and O–H groups in total. The normalized spacial score (nSPS) is 38.9. The molecule has 2 atom stereocenters. The number of nitrogens with zero attached hydrogens (tertiary/aromatic N) is 1. The van der Waals surface area contributed by atoms with Crippen molar-refractivity contribution in [1.29, 1.82) is 0 Å². The maximum Gasteiger partial charge on any atom is 0.222 e. The summed E-state index contributed by atoms with van der Waals surface area (Å²) in [7, 11) is 0. The summed E-state index contributed by atoms with van der Waals surface area (Å²) in [6.07, 6.45) is 1.33. The van der Waals surface area contributed by atoms with Gasteiger partial charge in [-0.2, -0.15) is 0 Å².